The Bertz CT molecular complexity index is 317. The Hall–Kier alpha value is -0.0500. The molecule has 2 aliphatic rings. The largest absolute Gasteiger partial charge is 0.355 e. The smallest absolute Gasteiger partial charge is 0.224 e. The fraction of sp³-hybridized carbons (Fsp3) is 0.929. The van der Waals surface area contributed by atoms with Gasteiger partial charge >= 0.3 is 0 Å². The summed E-state index contributed by atoms with van der Waals surface area (Å²) in [6, 6.07) is 0. The highest BCUT2D eigenvalue weighted by atomic mass is 79.9. The molecule has 2 aliphatic carbocycles. The number of nitrogens with one attached hydrogen (secondary N) is 1. The SMILES string of the molecule is CC1(C)C(C(=O)NCC2(CCBr)CC2)C1(C)C. The molecule has 2 nitrogen and oxygen atoms in total. The first-order valence-corrected chi connectivity index (χ1v) is 7.73. The lowest BCUT2D eigenvalue weighted by Crippen LogP contribution is -2.33. The Morgan fingerprint density at radius 2 is 1.76 bits per heavy atom. The van der Waals surface area contributed by atoms with E-state index in [2.05, 4.69) is 48.9 Å². The van der Waals surface area contributed by atoms with Crippen molar-refractivity contribution in [3.8, 4) is 0 Å². The molecule has 0 spiro atoms. The second-order valence-electron chi connectivity index (χ2n) is 7.03. The minimum Gasteiger partial charge on any atom is -0.355 e. The van der Waals surface area contributed by atoms with Crippen LogP contribution in [0.25, 0.3) is 0 Å². The summed E-state index contributed by atoms with van der Waals surface area (Å²) in [5.41, 5.74) is 0.731. The fourth-order valence-electron chi connectivity index (χ4n) is 3.12. The van der Waals surface area contributed by atoms with Crippen molar-refractivity contribution < 1.29 is 4.79 Å². The maximum atomic E-state index is 12.2. The zero-order valence-corrected chi connectivity index (χ0v) is 13.0. The first-order valence-electron chi connectivity index (χ1n) is 6.61. The van der Waals surface area contributed by atoms with E-state index >= 15 is 0 Å². The summed E-state index contributed by atoms with van der Waals surface area (Å²) in [5, 5.41) is 4.23. The number of carbonyl (C=O) groups excluding carboxylic acids is 1. The zero-order valence-electron chi connectivity index (χ0n) is 11.4. The molecule has 0 radical (unpaired) electrons. The standard InChI is InChI=1S/C14H24BrNO/c1-12(2)10(13(12,3)4)11(17)16-9-14(5-6-14)7-8-15/h10H,5-9H2,1-4H3,(H,16,17). The number of carbonyl (C=O) groups is 1. The second-order valence-corrected chi connectivity index (χ2v) is 7.83. The predicted octanol–water partition coefficient (Wildman–Crippen LogP) is 3.35. The van der Waals surface area contributed by atoms with E-state index in [4.69, 9.17) is 0 Å². The molecule has 0 bridgehead atoms. The lowest BCUT2D eigenvalue weighted by atomic mass is 10.0. The number of hydrogen-bond donors (Lipinski definition) is 1. The summed E-state index contributed by atoms with van der Waals surface area (Å²) < 4.78 is 0. The van der Waals surface area contributed by atoms with Gasteiger partial charge in [-0.2, -0.15) is 0 Å². The van der Waals surface area contributed by atoms with E-state index in [9.17, 15) is 4.79 Å². The monoisotopic (exact) mass is 301 g/mol. The number of halogens is 1. The number of hydrogen-bond acceptors (Lipinski definition) is 1. The summed E-state index contributed by atoms with van der Waals surface area (Å²) in [7, 11) is 0. The average Bonchev–Trinajstić information content (AvgIpc) is 3.03. The molecular formula is C14H24BrNO. The minimum absolute atomic E-state index is 0.156. The van der Waals surface area contributed by atoms with Crippen molar-refractivity contribution in [2.24, 2.45) is 22.2 Å². The van der Waals surface area contributed by atoms with E-state index in [-0.39, 0.29) is 22.7 Å². The van der Waals surface area contributed by atoms with E-state index in [1.54, 1.807) is 0 Å². The number of rotatable bonds is 5. The third kappa shape index (κ3) is 2.16. The van der Waals surface area contributed by atoms with E-state index in [0.29, 0.717) is 5.41 Å². The van der Waals surface area contributed by atoms with Gasteiger partial charge in [-0.25, -0.2) is 0 Å². The van der Waals surface area contributed by atoms with Gasteiger partial charge in [-0.05, 0) is 35.5 Å². The van der Waals surface area contributed by atoms with Gasteiger partial charge in [-0.1, -0.05) is 43.6 Å². The van der Waals surface area contributed by atoms with Crippen molar-refractivity contribution in [1.82, 2.24) is 5.32 Å². The van der Waals surface area contributed by atoms with Gasteiger partial charge in [0.25, 0.3) is 0 Å². The summed E-state index contributed by atoms with van der Waals surface area (Å²) in [4.78, 5) is 12.2. The van der Waals surface area contributed by atoms with Crippen molar-refractivity contribution in [3.63, 3.8) is 0 Å². The van der Waals surface area contributed by atoms with Crippen LogP contribution in [0.2, 0.25) is 0 Å². The molecule has 17 heavy (non-hydrogen) atoms. The van der Waals surface area contributed by atoms with Gasteiger partial charge in [0.2, 0.25) is 5.91 Å². The lowest BCUT2D eigenvalue weighted by molar-refractivity contribution is -0.123. The third-order valence-corrected chi connectivity index (χ3v) is 5.90. The van der Waals surface area contributed by atoms with Crippen LogP contribution in [0.3, 0.4) is 0 Å². The Balaban J connectivity index is 1.84. The van der Waals surface area contributed by atoms with E-state index in [1.807, 2.05) is 0 Å². The van der Waals surface area contributed by atoms with Crippen molar-refractivity contribution in [2.75, 3.05) is 11.9 Å². The van der Waals surface area contributed by atoms with Gasteiger partial charge in [0.1, 0.15) is 0 Å². The minimum atomic E-state index is 0.156. The van der Waals surface area contributed by atoms with Crippen LogP contribution < -0.4 is 5.32 Å². The summed E-state index contributed by atoms with van der Waals surface area (Å²) in [6.07, 6.45) is 3.73. The average molecular weight is 302 g/mol. The molecule has 2 fully saturated rings. The zero-order chi connectivity index (χ0) is 12.9. The van der Waals surface area contributed by atoms with E-state index in [0.717, 1.165) is 11.9 Å². The van der Waals surface area contributed by atoms with Gasteiger partial charge in [-0.15, -0.1) is 0 Å². The molecule has 0 aliphatic heterocycles. The van der Waals surface area contributed by atoms with E-state index < -0.39 is 0 Å². The summed E-state index contributed by atoms with van der Waals surface area (Å²) in [5.74, 6) is 0.454. The molecule has 3 heteroatoms. The molecule has 2 rings (SSSR count). The van der Waals surface area contributed by atoms with Gasteiger partial charge in [0, 0.05) is 17.8 Å². The van der Waals surface area contributed by atoms with Crippen LogP contribution in [0, 0.1) is 22.2 Å². The van der Waals surface area contributed by atoms with Crippen molar-refractivity contribution in [2.45, 2.75) is 47.0 Å². The van der Waals surface area contributed by atoms with Gasteiger partial charge in [-0.3, -0.25) is 4.79 Å². The molecule has 2 saturated carbocycles. The van der Waals surface area contributed by atoms with E-state index in [1.165, 1.54) is 19.3 Å². The van der Waals surface area contributed by atoms with Crippen LogP contribution in [0.5, 0.6) is 0 Å². The van der Waals surface area contributed by atoms with Gasteiger partial charge in [0.05, 0.1) is 0 Å². The van der Waals surface area contributed by atoms with Gasteiger partial charge < -0.3 is 5.32 Å². The van der Waals surface area contributed by atoms with Crippen LogP contribution >= 0.6 is 15.9 Å². The molecular weight excluding hydrogens is 278 g/mol. The van der Waals surface area contributed by atoms with Crippen molar-refractivity contribution >= 4 is 21.8 Å². The molecule has 0 aromatic carbocycles. The first-order chi connectivity index (χ1) is 7.77. The molecule has 0 atom stereocenters. The predicted molar refractivity (Wildman–Crippen MR) is 74.1 cm³/mol. The third-order valence-electron chi connectivity index (χ3n) is 5.50. The van der Waals surface area contributed by atoms with Crippen LogP contribution in [0.15, 0.2) is 0 Å². The highest BCUT2D eigenvalue weighted by molar-refractivity contribution is 9.09. The van der Waals surface area contributed by atoms with Gasteiger partial charge in [0.15, 0.2) is 0 Å². The van der Waals surface area contributed by atoms with Crippen LogP contribution in [-0.4, -0.2) is 17.8 Å². The maximum absolute atomic E-state index is 12.2. The summed E-state index contributed by atoms with van der Waals surface area (Å²) >= 11 is 3.50. The van der Waals surface area contributed by atoms with Crippen LogP contribution in [0.4, 0.5) is 0 Å². The maximum Gasteiger partial charge on any atom is 0.224 e. The molecule has 0 aromatic heterocycles. The Labute approximate surface area is 113 Å². The number of amides is 1. The molecule has 0 aromatic rings. The molecule has 0 unspecified atom stereocenters. The topological polar surface area (TPSA) is 29.1 Å². The quantitative estimate of drug-likeness (QED) is 0.775. The van der Waals surface area contributed by atoms with Crippen LogP contribution in [0.1, 0.15) is 47.0 Å². The molecule has 1 amide bonds. The highest BCUT2D eigenvalue weighted by Crippen LogP contribution is 2.68. The Morgan fingerprint density at radius 3 is 2.12 bits per heavy atom. The lowest BCUT2D eigenvalue weighted by Gasteiger charge is -2.15. The molecule has 98 valence electrons. The van der Waals surface area contributed by atoms with Crippen molar-refractivity contribution in [1.29, 1.82) is 0 Å². The highest BCUT2D eigenvalue weighted by Gasteiger charge is 2.68. The number of alkyl halides is 1. The molecule has 0 heterocycles. The molecule has 0 saturated heterocycles. The normalized spacial score (nSPS) is 27.6. The first kappa shape index (κ1) is 13.4. The van der Waals surface area contributed by atoms with Crippen LogP contribution in [-0.2, 0) is 4.79 Å². The Morgan fingerprint density at radius 1 is 1.24 bits per heavy atom. The summed E-state index contributed by atoms with van der Waals surface area (Å²) in [6.45, 7) is 9.66. The fourth-order valence-corrected chi connectivity index (χ4v) is 3.96. The van der Waals surface area contributed by atoms with Crippen molar-refractivity contribution in [3.05, 3.63) is 0 Å². The molecule has 1 N–H and O–H groups in total. The second kappa shape index (κ2) is 3.97. The Kier molecular flexibility index (Phi) is 3.13.